The van der Waals surface area contributed by atoms with Crippen molar-refractivity contribution in [1.29, 1.82) is 0 Å². The van der Waals surface area contributed by atoms with Crippen LogP contribution in [0.4, 0.5) is 17.5 Å². The Hall–Kier alpha value is -2.57. The Balaban J connectivity index is 1.87. The van der Waals surface area contributed by atoms with Gasteiger partial charge in [-0.15, -0.1) is 0 Å². The number of nitrogens with one attached hydrogen (secondary N) is 3. The summed E-state index contributed by atoms with van der Waals surface area (Å²) in [5.74, 6) is 1.09. The lowest BCUT2D eigenvalue weighted by atomic mass is 10.2. The van der Waals surface area contributed by atoms with E-state index in [2.05, 4.69) is 31.1 Å². The van der Waals surface area contributed by atoms with Gasteiger partial charge in [-0.25, -0.2) is 4.98 Å². The molecule has 26 heavy (non-hydrogen) atoms. The first-order valence-corrected chi connectivity index (χ1v) is 8.81. The van der Waals surface area contributed by atoms with Crippen molar-refractivity contribution in [3.63, 3.8) is 0 Å². The maximum absolute atomic E-state index is 6.18. The molecule has 0 saturated carbocycles. The number of benzene rings is 1. The Morgan fingerprint density at radius 2 is 1.77 bits per heavy atom. The molecule has 0 aliphatic heterocycles. The first kappa shape index (κ1) is 18.2. The predicted molar refractivity (Wildman–Crippen MR) is 108 cm³/mol. The highest BCUT2D eigenvalue weighted by atomic mass is 35.5. The quantitative estimate of drug-likeness (QED) is 0.509. The number of halogens is 2. The zero-order valence-electron chi connectivity index (χ0n) is 14.3. The normalized spacial score (nSPS) is 10.7. The van der Waals surface area contributed by atoms with Crippen LogP contribution in [-0.4, -0.2) is 21.0 Å². The third-order valence-corrected chi connectivity index (χ3v) is 3.88. The lowest BCUT2D eigenvalue weighted by Gasteiger charge is -2.14. The Morgan fingerprint density at radius 1 is 0.923 bits per heavy atom. The second kappa shape index (κ2) is 8.21. The Kier molecular flexibility index (Phi) is 5.75. The van der Waals surface area contributed by atoms with Crippen LogP contribution in [-0.2, 0) is 0 Å². The van der Waals surface area contributed by atoms with Gasteiger partial charge in [0.1, 0.15) is 0 Å². The molecule has 3 rings (SSSR count). The summed E-state index contributed by atoms with van der Waals surface area (Å²) in [5.41, 5.74) is 8.24. The third kappa shape index (κ3) is 4.74. The highest BCUT2D eigenvalue weighted by Crippen LogP contribution is 2.26. The number of rotatable bonds is 6. The van der Waals surface area contributed by atoms with Gasteiger partial charge in [-0.2, -0.15) is 4.98 Å². The molecule has 0 fully saturated rings. The van der Waals surface area contributed by atoms with Crippen LogP contribution in [0.5, 0.6) is 0 Å². The molecular formula is C18H18Cl2N6. The molecule has 3 aromatic rings. The largest absolute Gasteiger partial charge is 0.352 e. The van der Waals surface area contributed by atoms with E-state index < -0.39 is 0 Å². The van der Waals surface area contributed by atoms with Crippen LogP contribution in [0.2, 0.25) is 10.0 Å². The fourth-order valence-corrected chi connectivity index (χ4v) is 2.66. The van der Waals surface area contributed by atoms with Gasteiger partial charge in [-0.1, -0.05) is 29.3 Å². The highest BCUT2D eigenvalue weighted by molar-refractivity contribution is 6.36. The molecule has 0 bridgehead atoms. The molecule has 0 saturated heterocycles. The number of aromatic nitrogens is 3. The van der Waals surface area contributed by atoms with E-state index in [9.17, 15) is 0 Å². The maximum atomic E-state index is 6.18. The summed E-state index contributed by atoms with van der Waals surface area (Å²) >= 11 is 12.1. The van der Waals surface area contributed by atoms with Crippen molar-refractivity contribution in [1.82, 2.24) is 15.0 Å². The number of hydrogen-bond acceptors (Lipinski definition) is 6. The average Bonchev–Trinajstić information content (AvgIpc) is 2.61. The molecule has 3 N–H and O–H groups in total. The van der Waals surface area contributed by atoms with Crippen molar-refractivity contribution in [3.05, 3.63) is 58.7 Å². The van der Waals surface area contributed by atoms with Gasteiger partial charge in [0.25, 0.3) is 0 Å². The van der Waals surface area contributed by atoms with Crippen molar-refractivity contribution in [2.75, 3.05) is 16.2 Å². The topological polar surface area (TPSA) is 74.8 Å². The minimum absolute atomic E-state index is 0.195. The summed E-state index contributed by atoms with van der Waals surface area (Å²) in [5, 5.41) is 4.29. The van der Waals surface area contributed by atoms with E-state index in [0.29, 0.717) is 33.2 Å². The molecule has 0 radical (unpaired) electrons. The fraction of sp³-hybridized carbons (Fsp3) is 0.167. The van der Waals surface area contributed by atoms with E-state index in [0.717, 1.165) is 5.69 Å². The maximum Gasteiger partial charge on any atom is 0.225 e. The molecule has 0 spiro atoms. The molecule has 2 heterocycles. The monoisotopic (exact) mass is 388 g/mol. The molecule has 6 nitrogen and oxygen atoms in total. The third-order valence-electron chi connectivity index (χ3n) is 3.33. The van der Waals surface area contributed by atoms with Gasteiger partial charge in [0.05, 0.1) is 22.1 Å². The molecule has 1 aromatic carbocycles. The van der Waals surface area contributed by atoms with E-state index >= 15 is 0 Å². The summed E-state index contributed by atoms with van der Waals surface area (Å²) in [7, 11) is 0. The number of hydrazine groups is 1. The van der Waals surface area contributed by atoms with E-state index in [1.54, 1.807) is 24.4 Å². The minimum Gasteiger partial charge on any atom is -0.352 e. The zero-order chi connectivity index (χ0) is 18.5. The summed E-state index contributed by atoms with van der Waals surface area (Å²) in [6, 6.07) is 12.9. The van der Waals surface area contributed by atoms with Gasteiger partial charge < -0.3 is 5.32 Å². The van der Waals surface area contributed by atoms with Crippen LogP contribution in [0.15, 0.2) is 48.7 Å². The van der Waals surface area contributed by atoms with Crippen LogP contribution in [0.1, 0.15) is 13.8 Å². The Labute approximate surface area is 162 Å². The smallest absolute Gasteiger partial charge is 0.225 e. The average molecular weight is 389 g/mol. The van der Waals surface area contributed by atoms with Gasteiger partial charge >= 0.3 is 0 Å². The molecule has 2 aromatic heterocycles. The van der Waals surface area contributed by atoms with E-state index in [4.69, 9.17) is 23.2 Å². The van der Waals surface area contributed by atoms with Crippen LogP contribution in [0.3, 0.4) is 0 Å². The lowest BCUT2D eigenvalue weighted by molar-refractivity contribution is 0.875. The molecule has 134 valence electrons. The molecule has 0 atom stereocenters. The number of nitrogens with zero attached hydrogens (tertiary/aromatic N) is 3. The number of hydrogen-bond donors (Lipinski definition) is 3. The standard InChI is InChI=1S/C18H18Cl2N6/c1-11(2)22-18-23-16(15-5-3-4-8-21-15)10-17(24-18)26-25-14-7-6-12(19)9-13(14)20/h3-11,25H,1-2H3,(H2,22,23,24,26). The van der Waals surface area contributed by atoms with Gasteiger partial charge in [-0.3, -0.25) is 15.8 Å². The van der Waals surface area contributed by atoms with Crippen molar-refractivity contribution in [3.8, 4) is 11.4 Å². The van der Waals surface area contributed by atoms with Gasteiger partial charge in [0, 0.05) is 23.3 Å². The van der Waals surface area contributed by atoms with Crippen molar-refractivity contribution >= 4 is 40.7 Å². The first-order valence-electron chi connectivity index (χ1n) is 8.05. The summed E-state index contributed by atoms with van der Waals surface area (Å²) < 4.78 is 0. The van der Waals surface area contributed by atoms with Crippen LogP contribution in [0, 0.1) is 0 Å². The predicted octanol–water partition coefficient (Wildman–Crippen LogP) is 5.10. The van der Waals surface area contributed by atoms with Gasteiger partial charge in [-0.05, 0) is 44.2 Å². The number of pyridine rings is 1. The molecule has 0 aliphatic carbocycles. The zero-order valence-corrected chi connectivity index (χ0v) is 15.8. The van der Waals surface area contributed by atoms with E-state index in [1.165, 1.54) is 0 Å². The van der Waals surface area contributed by atoms with Crippen LogP contribution in [0.25, 0.3) is 11.4 Å². The second-order valence-electron chi connectivity index (χ2n) is 5.85. The van der Waals surface area contributed by atoms with Crippen LogP contribution >= 0.6 is 23.2 Å². The van der Waals surface area contributed by atoms with Gasteiger partial charge in [0.2, 0.25) is 5.95 Å². The molecule has 8 heteroatoms. The van der Waals surface area contributed by atoms with Crippen molar-refractivity contribution in [2.24, 2.45) is 0 Å². The molecule has 0 amide bonds. The highest BCUT2D eigenvalue weighted by Gasteiger charge is 2.09. The molecule has 0 aliphatic rings. The lowest BCUT2D eigenvalue weighted by Crippen LogP contribution is -2.16. The SMILES string of the molecule is CC(C)Nc1nc(NNc2ccc(Cl)cc2Cl)cc(-c2ccccn2)n1. The fourth-order valence-electron chi connectivity index (χ4n) is 2.20. The summed E-state index contributed by atoms with van der Waals surface area (Å²) in [6.45, 7) is 4.05. The number of anilines is 3. The minimum atomic E-state index is 0.195. The summed E-state index contributed by atoms with van der Waals surface area (Å²) in [6.07, 6.45) is 1.73. The first-order chi connectivity index (χ1) is 12.5. The molecule has 0 unspecified atom stereocenters. The van der Waals surface area contributed by atoms with Crippen molar-refractivity contribution < 1.29 is 0 Å². The van der Waals surface area contributed by atoms with E-state index in [1.807, 2.05) is 38.1 Å². The van der Waals surface area contributed by atoms with Gasteiger partial charge in [0.15, 0.2) is 5.82 Å². The summed E-state index contributed by atoms with van der Waals surface area (Å²) in [4.78, 5) is 13.4. The van der Waals surface area contributed by atoms with E-state index in [-0.39, 0.29) is 6.04 Å². The molecular weight excluding hydrogens is 371 g/mol. The Bertz CT molecular complexity index is 886. The van der Waals surface area contributed by atoms with Crippen molar-refractivity contribution in [2.45, 2.75) is 19.9 Å². The van der Waals surface area contributed by atoms with Crippen LogP contribution < -0.4 is 16.2 Å². The second-order valence-corrected chi connectivity index (χ2v) is 6.69. The Morgan fingerprint density at radius 3 is 2.46 bits per heavy atom.